The second-order valence-electron chi connectivity index (χ2n) is 8.02. The maximum Gasteiger partial charge on any atom is 0.259 e. The number of rotatable bonds is 5. The van der Waals surface area contributed by atoms with Gasteiger partial charge >= 0.3 is 0 Å². The largest absolute Gasteiger partial charge is 0.396 e. The number of benzene rings is 1. The first-order valence-corrected chi connectivity index (χ1v) is 9.93. The zero-order chi connectivity index (χ0) is 20.5. The van der Waals surface area contributed by atoms with E-state index in [-0.39, 0.29) is 24.5 Å². The number of nitrogens with zero attached hydrogens (tertiary/aromatic N) is 5. The first-order valence-electron chi connectivity index (χ1n) is 9.93. The number of likely N-dealkylation sites (tertiary alicyclic amines) is 1. The Labute approximate surface area is 170 Å². The molecule has 1 aliphatic heterocycles. The fourth-order valence-corrected chi connectivity index (χ4v) is 4.11. The Kier molecular flexibility index (Phi) is 5.34. The van der Waals surface area contributed by atoms with Gasteiger partial charge in [0, 0.05) is 44.0 Å². The van der Waals surface area contributed by atoms with Gasteiger partial charge in [-0.3, -0.25) is 4.79 Å². The molecule has 1 aliphatic rings. The van der Waals surface area contributed by atoms with E-state index in [2.05, 4.69) is 60.3 Å². The highest BCUT2D eigenvalue weighted by molar-refractivity contribution is 5.99. The monoisotopic (exact) mass is 393 g/mol. The molecule has 0 aliphatic carbocycles. The Morgan fingerprint density at radius 2 is 1.97 bits per heavy atom. The van der Waals surface area contributed by atoms with Crippen LogP contribution in [0.5, 0.6) is 0 Å². The summed E-state index contributed by atoms with van der Waals surface area (Å²) in [5.74, 6) is 0.226. The number of aromatic nitrogens is 3. The average molecular weight is 393 g/mol. The molecular weight excluding hydrogens is 366 g/mol. The molecule has 3 aromatic rings. The third kappa shape index (κ3) is 3.75. The van der Waals surface area contributed by atoms with Crippen molar-refractivity contribution < 1.29 is 9.90 Å². The van der Waals surface area contributed by atoms with Gasteiger partial charge in [-0.15, -0.1) is 0 Å². The highest BCUT2D eigenvalue weighted by Gasteiger charge is 2.38. The van der Waals surface area contributed by atoms with E-state index in [0.29, 0.717) is 30.7 Å². The molecule has 1 aromatic carbocycles. The van der Waals surface area contributed by atoms with E-state index < -0.39 is 0 Å². The molecular formula is C22H27N5O2. The lowest BCUT2D eigenvalue weighted by atomic mass is 9.93. The number of likely N-dealkylation sites (N-methyl/N-ethyl adjacent to an activating group) is 1. The highest BCUT2D eigenvalue weighted by atomic mass is 16.3. The second-order valence-corrected chi connectivity index (χ2v) is 8.02. The van der Waals surface area contributed by atoms with Crippen molar-refractivity contribution in [3.05, 3.63) is 65.1 Å². The van der Waals surface area contributed by atoms with Gasteiger partial charge in [0.15, 0.2) is 5.65 Å². The van der Waals surface area contributed by atoms with Crippen molar-refractivity contribution in [2.24, 2.45) is 0 Å². The molecule has 0 radical (unpaired) electrons. The summed E-state index contributed by atoms with van der Waals surface area (Å²) in [7, 11) is 4.14. The third-order valence-corrected chi connectivity index (χ3v) is 5.79. The summed E-state index contributed by atoms with van der Waals surface area (Å²) >= 11 is 0. The molecule has 0 spiro atoms. The molecule has 3 heterocycles. The van der Waals surface area contributed by atoms with E-state index in [1.54, 1.807) is 16.9 Å². The van der Waals surface area contributed by atoms with Gasteiger partial charge in [-0.25, -0.2) is 9.50 Å². The minimum Gasteiger partial charge on any atom is -0.396 e. The fraction of sp³-hybridized carbons (Fsp3) is 0.409. The van der Waals surface area contributed by atoms with Crippen LogP contribution < -0.4 is 0 Å². The first kappa shape index (κ1) is 19.5. The molecule has 152 valence electrons. The van der Waals surface area contributed by atoms with Crippen molar-refractivity contribution in [3.63, 3.8) is 0 Å². The summed E-state index contributed by atoms with van der Waals surface area (Å²) in [4.78, 5) is 21.8. The van der Waals surface area contributed by atoms with Crippen LogP contribution >= 0.6 is 0 Å². The van der Waals surface area contributed by atoms with Crippen LogP contribution in [-0.4, -0.2) is 75.2 Å². The quantitative estimate of drug-likeness (QED) is 0.715. The zero-order valence-corrected chi connectivity index (χ0v) is 17.1. The molecule has 0 saturated carbocycles. The second kappa shape index (κ2) is 7.93. The molecule has 1 saturated heterocycles. The molecule has 1 amide bonds. The van der Waals surface area contributed by atoms with E-state index in [1.807, 2.05) is 11.1 Å². The minimum absolute atomic E-state index is 0.0381. The number of hydrogen-bond donors (Lipinski definition) is 1. The van der Waals surface area contributed by atoms with E-state index in [1.165, 1.54) is 11.1 Å². The van der Waals surface area contributed by atoms with Crippen LogP contribution in [0.1, 0.15) is 33.0 Å². The number of carbonyl (C=O) groups is 1. The van der Waals surface area contributed by atoms with Gasteiger partial charge in [-0.05, 0) is 38.6 Å². The van der Waals surface area contributed by atoms with E-state index in [0.717, 1.165) is 5.56 Å². The third-order valence-electron chi connectivity index (χ3n) is 5.79. The summed E-state index contributed by atoms with van der Waals surface area (Å²) < 4.78 is 1.62. The molecule has 2 aromatic heterocycles. The maximum absolute atomic E-state index is 13.3. The summed E-state index contributed by atoms with van der Waals surface area (Å²) in [6.07, 6.45) is 5.63. The smallest absolute Gasteiger partial charge is 0.259 e. The van der Waals surface area contributed by atoms with Gasteiger partial charge in [0.1, 0.15) is 5.56 Å². The lowest BCUT2D eigenvalue weighted by Crippen LogP contribution is -2.35. The van der Waals surface area contributed by atoms with Gasteiger partial charge in [0.05, 0.1) is 6.20 Å². The molecule has 7 heteroatoms. The zero-order valence-electron chi connectivity index (χ0n) is 17.1. The molecule has 7 nitrogen and oxygen atoms in total. The predicted octanol–water partition coefficient (Wildman–Crippen LogP) is 1.74. The first-order chi connectivity index (χ1) is 14.0. The SMILES string of the molecule is Cc1ccc(C2CN(C(=O)c3cnn4cc(CCO)cnc34)CC2N(C)C)cc1. The summed E-state index contributed by atoms with van der Waals surface area (Å²) in [6.45, 7) is 3.48. The van der Waals surface area contributed by atoms with Crippen LogP contribution in [-0.2, 0) is 6.42 Å². The molecule has 0 bridgehead atoms. The normalized spacial score (nSPS) is 19.4. The number of aliphatic hydroxyl groups excluding tert-OH is 1. The predicted molar refractivity (Wildman–Crippen MR) is 111 cm³/mol. The Morgan fingerprint density at radius 3 is 2.66 bits per heavy atom. The molecule has 1 N–H and O–H groups in total. The standard InChI is InChI=1S/C22H27N5O2/c1-15-4-6-17(7-5-15)19-13-26(14-20(19)25(2)3)22(29)18-11-24-27-12-16(8-9-28)10-23-21(18)27/h4-7,10-12,19-20,28H,8-9,13-14H2,1-3H3. The number of amides is 1. The van der Waals surface area contributed by atoms with E-state index in [9.17, 15) is 4.79 Å². The van der Waals surface area contributed by atoms with Gasteiger partial charge in [0.25, 0.3) is 5.91 Å². The summed E-state index contributed by atoms with van der Waals surface area (Å²) in [6, 6.07) is 8.86. The fourth-order valence-electron chi connectivity index (χ4n) is 4.11. The lowest BCUT2D eigenvalue weighted by Gasteiger charge is -2.25. The molecule has 2 unspecified atom stereocenters. The lowest BCUT2D eigenvalue weighted by molar-refractivity contribution is 0.0784. The van der Waals surface area contributed by atoms with Crippen LogP contribution in [0.3, 0.4) is 0 Å². The van der Waals surface area contributed by atoms with Crippen LogP contribution in [0, 0.1) is 6.92 Å². The molecule has 4 rings (SSSR count). The van der Waals surface area contributed by atoms with E-state index >= 15 is 0 Å². The Bertz CT molecular complexity index is 1010. The van der Waals surface area contributed by atoms with Crippen LogP contribution in [0.4, 0.5) is 0 Å². The highest BCUT2D eigenvalue weighted by Crippen LogP contribution is 2.31. The van der Waals surface area contributed by atoms with Gasteiger partial charge in [0.2, 0.25) is 0 Å². The van der Waals surface area contributed by atoms with E-state index in [4.69, 9.17) is 5.11 Å². The van der Waals surface area contributed by atoms with Crippen molar-refractivity contribution in [2.75, 3.05) is 33.8 Å². The van der Waals surface area contributed by atoms with Crippen LogP contribution in [0.15, 0.2) is 42.9 Å². The topological polar surface area (TPSA) is 74.0 Å². The maximum atomic E-state index is 13.3. The Hall–Kier alpha value is -2.77. The van der Waals surface area contributed by atoms with Crippen molar-refractivity contribution >= 4 is 11.6 Å². The Balaban J connectivity index is 1.60. The van der Waals surface area contributed by atoms with Crippen molar-refractivity contribution in [2.45, 2.75) is 25.3 Å². The van der Waals surface area contributed by atoms with Gasteiger partial charge in [-0.2, -0.15) is 5.10 Å². The number of carbonyl (C=O) groups excluding carboxylic acids is 1. The molecule has 29 heavy (non-hydrogen) atoms. The minimum atomic E-state index is -0.0381. The van der Waals surface area contributed by atoms with Crippen molar-refractivity contribution in [1.82, 2.24) is 24.4 Å². The number of aliphatic hydroxyl groups is 1. The van der Waals surface area contributed by atoms with Crippen molar-refractivity contribution in [1.29, 1.82) is 0 Å². The summed E-state index contributed by atoms with van der Waals surface area (Å²) in [5.41, 5.74) is 4.45. The molecule has 1 fully saturated rings. The average Bonchev–Trinajstić information content (AvgIpc) is 3.33. The molecule has 2 atom stereocenters. The van der Waals surface area contributed by atoms with Gasteiger partial charge in [-0.1, -0.05) is 29.8 Å². The summed E-state index contributed by atoms with van der Waals surface area (Å²) in [5, 5.41) is 13.4. The van der Waals surface area contributed by atoms with Crippen LogP contribution in [0.2, 0.25) is 0 Å². The van der Waals surface area contributed by atoms with Crippen molar-refractivity contribution in [3.8, 4) is 0 Å². The number of aryl methyl sites for hydroxylation is 1. The number of fused-ring (bicyclic) bond motifs is 1. The number of hydrogen-bond acceptors (Lipinski definition) is 5. The Morgan fingerprint density at radius 1 is 1.21 bits per heavy atom. The van der Waals surface area contributed by atoms with Gasteiger partial charge < -0.3 is 14.9 Å². The van der Waals surface area contributed by atoms with Crippen LogP contribution in [0.25, 0.3) is 5.65 Å².